The Kier molecular flexibility index (Phi) is 5.58. The second kappa shape index (κ2) is 6.71. The minimum Gasteiger partial charge on any atom is -0.348 e. The Labute approximate surface area is 109 Å². The summed E-state index contributed by atoms with van der Waals surface area (Å²) in [5, 5.41) is 2.83. The highest BCUT2D eigenvalue weighted by Crippen LogP contribution is 2.18. The zero-order valence-corrected chi connectivity index (χ0v) is 11.3. The first-order valence-electron chi connectivity index (χ1n) is 5.54. The van der Waals surface area contributed by atoms with Gasteiger partial charge < -0.3 is 11.1 Å². The standard InChI is InChI=1S/C12H16BrFN2O/c1-2-3-9(7-15)16-12(17)10-5-4-8(14)6-11(10)13/h4-6,9H,2-3,7,15H2,1H3,(H,16,17). The number of nitrogens with one attached hydrogen (secondary N) is 1. The third-order valence-electron chi connectivity index (χ3n) is 2.43. The summed E-state index contributed by atoms with van der Waals surface area (Å²) < 4.78 is 13.3. The molecule has 3 nitrogen and oxygen atoms in total. The Bertz CT molecular complexity index is 398. The van der Waals surface area contributed by atoms with Gasteiger partial charge in [-0.2, -0.15) is 0 Å². The number of hydrogen-bond donors (Lipinski definition) is 2. The van der Waals surface area contributed by atoms with Crippen LogP contribution in [0.4, 0.5) is 4.39 Å². The van der Waals surface area contributed by atoms with Gasteiger partial charge in [0.15, 0.2) is 0 Å². The molecule has 94 valence electrons. The van der Waals surface area contributed by atoms with E-state index in [2.05, 4.69) is 21.2 Å². The van der Waals surface area contributed by atoms with E-state index in [0.29, 0.717) is 16.6 Å². The van der Waals surface area contributed by atoms with Crippen molar-refractivity contribution in [2.45, 2.75) is 25.8 Å². The Morgan fingerprint density at radius 3 is 2.82 bits per heavy atom. The van der Waals surface area contributed by atoms with E-state index >= 15 is 0 Å². The van der Waals surface area contributed by atoms with Gasteiger partial charge in [0.05, 0.1) is 5.56 Å². The molecule has 1 atom stereocenters. The molecule has 17 heavy (non-hydrogen) atoms. The zero-order valence-electron chi connectivity index (χ0n) is 9.67. The van der Waals surface area contributed by atoms with Gasteiger partial charge in [-0.1, -0.05) is 13.3 Å². The highest BCUT2D eigenvalue weighted by Gasteiger charge is 2.14. The Balaban J connectivity index is 2.75. The third kappa shape index (κ3) is 4.09. The van der Waals surface area contributed by atoms with Crippen molar-refractivity contribution in [3.63, 3.8) is 0 Å². The second-order valence-corrected chi connectivity index (χ2v) is 4.67. The lowest BCUT2D eigenvalue weighted by molar-refractivity contribution is 0.0935. The molecular weight excluding hydrogens is 287 g/mol. The van der Waals surface area contributed by atoms with Crippen molar-refractivity contribution in [1.82, 2.24) is 5.32 Å². The van der Waals surface area contributed by atoms with E-state index < -0.39 is 0 Å². The van der Waals surface area contributed by atoms with Crippen LogP contribution in [0.1, 0.15) is 30.1 Å². The molecule has 0 aliphatic rings. The zero-order chi connectivity index (χ0) is 12.8. The molecule has 0 saturated heterocycles. The Morgan fingerprint density at radius 2 is 2.29 bits per heavy atom. The van der Waals surface area contributed by atoms with E-state index in [4.69, 9.17) is 5.73 Å². The van der Waals surface area contributed by atoms with Crippen LogP contribution >= 0.6 is 15.9 Å². The molecule has 1 unspecified atom stereocenters. The molecule has 0 fully saturated rings. The molecular formula is C12H16BrFN2O. The molecule has 1 aromatic carbocycles. The van der Waals surface area contributed by atoms with Gasteiger partial charge in [-0.25, -0.2) is 4.39 Å². The number of halogens is 2. The van der Waals surface area contributed by atoms with Crippen molar-refractivity contribution in [1.29, 1.82) is 0 Å². The lowest BCUT2D eigenvalue weighted by Crippen LogP contribution is -2.40. The van der Waals surface area contributed by atoms with Gasteiger partial charge in [0.2, 0.25) is 0 Å². The van der Waals surface area contributed by atoms with Gasteiger partial charge in [-0.05, 0) is 40.5 Å². The summed E-state index contributed by atoms with van der Waals surface area (Å²) in [6.45, 7) is 2.43. The maximum atomic E-state index is 12.9. The summed E-state index contributed by atoms with van der Waals surface area (Å²) >= 11 is 3.17. The summed E-state index contributed by atoms with van der Waals surface area (Å²) in [4.78, 5) is 11.9. The van der Waals surface area contributed by atoms with Crippen LogP contribution in [0.25, 0.3) is 0 Å². The van der Waals surface area contributed by atoms with E-state index in [-0.39, 0.29) is 17.8 Å². The first kappa shape index (κ1) is 14.1. The highest BCUT2D eigenvalue weighted by molar-refractivity contribution is 9.10. The van der Waals surface area contributed by atoms with E-state index in [1.54, 1.807) is 0 Å². The molecule has 0 bridgehead atoms. The molecule has 1 rings (SSSR count). The van der Waals surface area contributed by atoms with Gasteiger partial charge in [-0.3, -0.25) is 4.79 Å². The van der Waals surface area contributed by atoms with Crippen LogP contribution in [0.5, 0.6) is 0 Å². The maximum Gasteiger partial charge on any atom is 0.252 e. The van der Waals surface area contributed by atoms with E-state index in [0.717, 1.165) is 12.8 Å². The molecule has 0 saturated carbocycles. The molecule has 0 aliphatic heterocycles. The van der Waals surface area contributed by atoms with Crippen molar-refractivity contribution in [2.75, 3.05) is 6.54 Å². The van der Waals surface area contributed by atoms with Crippen molar-refractivity contribution in [2.24, 2.45) is 5.73 Å². The minimum absolute atomic E-state index is 0.0375. The summed E-state index contributed by atoms with van der Waals surface area (Å²) in [5.41, 5.74) is 5.98. The number of rotatable bonds is 5. The quantitative estimate of drug-likeness (QED) is 0.878. The van der Waals surface area contributed by atoms with Crippen LogP contribution in [0.3, 0.4) is 0 Å². The monoisotopic (exact) mass is 302 g/mol. The third-order valence-corrected chi connectivity index (χ3v) is 3.09. The van der Waals surface area contributed by atoms with Crippen LogP contribution < -0.4 is 11.1 Å². The smallest absolute Gasteiger partial charge is 0.252 e. The minimum atomic E-state index is -0.377. The molecule has 0 radical (unpaired) electrons. The fourth-order valence-electron chi connectivity index (χ4n) is 1.53. The number of hydrogen-bond acceptors (Lipinski definition) is 2. The predicted molar refractivity (Wildman–Crippen MR) is 69.3 cm³/mol. The molecule has 0 aromatic heterocycles. The molecule has 3 N–H and O–H groups in total. The van der Waals surface area contributed by atoms with Gasteiger partial charge in [0.25, 0.3) is 5.91 Å². The molecule has 0 aliphatic carbocycles. The van der Waals surface area contributed by atoms with Gasteiger partial charge >= 0.3 is 0 Å². The summed E-state index contributed by atoms with van der Waals surface area (Å²) in [6, 6.07) is 3.95. The highest BCUT2D eigenvalue weighted by atomic mass is 79.9. The normalized spacial score (nSPS) is 12.2. The predicted octanol–water partition coefficient (Wildman–Crippen LogP) is 2.45. The first-order chi connectivity index (χ1) is 8.08. The fraction of sp³-hybridized carbons (Fsp3) is 0.417. The van der Waals surface area contributed by atoms with Crippen LogP contribution in [0, 0.1) is 5.82 Å². The topological polar surface area (TPSA) is 55.1 Å². The van der Waals surface area contributed by atoms with Crippen molar-refractivity contribution in [3.05, 3.63) is 34.1 Å². The lowest BCUT2D eigenvalue weighted by Gasteiger charge is -2.16. The van der Waals surface area contributed by atoms with E-state index in [9.17, 15) is 9.18 Å². The lowest BCUT2D eigenvalue weighted by atomic mass is 10.1. The molecule has 1 aromatic rings. The molecule has 0 spiro atoms. The fourth-order valence-corrected chi connectivity index (χ4v) is 2.07. The van der Waals surface area contributed by atoms with Gasteiger partial charge in [0.1, 0.15) is 5.82 Å². The van der Waals surface area contributed by atoms with E-state index in [1.807, 2.05) is 6.92 Å². The van der Waals surface area contributed by atoms with Crippen LogP contribution in [-0.2, 0) is 0 Å². The number of carbonyl (C=O) groups is 1. The molecule has 1 amide bonds. The first-order valence-corrected chi connectivity index (χ1v) is 6.33. The van der Waals surface area contributed by atoms with Crippen molar-refractivity contribution < 1.29 is 9.18 Å². The Hall–Kier alpha value is -0.940. The second-order valence-electron chi connectivity index (χ2n) is 3.82. The summed E-state index contributed by atoms with van der Waals surface area (Å²) in [6.07, 6.45) is 1.79. The van der Waals surface area contributed by atoms with Crippen LogP contribution in [0.15, 0.2) is 22.7 Å². The largest absolute Gasteiger partial charge is 0.348 e. The van der Waals surface area contributed by atoms with Crippen LogP contribution in [-0.4, -0.2) is 18.5 Å². The summed E-state index contributed by atoms with van der Waals surface area (Å²) in [5.74, 6) is -0.613. The van der Waals surface area contributed by atoms with Crippen molar-refractivity contribution >= 4 is 21.8 Å². The molecule has 0 heterocycles. The number of amides is 1. The van der Waals surface area contributed by atoms with E-state index in [1.165, 1.54) is 18.2 Å². The van der Waals surface area contributed by atoms with Gasteiger partial charge in [0, 0.05) is 17.1 Å². The SMILES string of the molecule is CCCC(CN)NC(=O)c1ccc(F)cc1Br. The van der Waals surface area contributed by atoms with Crippen molar-refractivity contribution in [3.8, 4) is 0 Å². The number of benzene rings is 1. The average molecular weight is 303 g/mol. The number of carbonyl (C=O) groups excluding carboxylic acids is 1. The average Bonchev–Trinajstić information content (AvgIpc) is 2.28. The molecule has 5 heteroatoms. The summed E-state index contributed by atoms with van der Waals surface area (Å²) in [7, 11) is 0. The Morgan fingerprint density at radius 1 is 1.59 bits per heavy atom. The van der Waals surface area contributed by atoms with Gasteiger partial charge in [-0.15, -0.1) is 0 Å². The van der Waals surface area contributed by atoms with Crippen LogP contribution in [0.2, 0.25) is 0 Å². The number of nitrogens with two attached hydrogens (primary N) is 1. The maximum absolute atomic E-state index is 12.9.